The molecule has 0 bridgehead atoms. The van der Waals surface area contributed by atoms with Crippen molar-refractivity contribution in [2.45, 2.75) is 6.54 Å². The molecule has 26 heavy (non-hydrogen) atoms. The van der Waals surface area contributed by atoms with Gasteiger partial charge in [0.1, 0.15) is 5.01 Å². The van der Waals surface area contributed by atoms with Crippen LogP contribution < -0.4 is 5.32 Å². The number of nitro groups is 1. The van der Waals surface area contributed by atoms with E-state index in [1.54, 1.807) is 0 Å². The summed E-state index contributed by atoms with van der Waals surface area (Å²) in [5, 5.41) is 16.8. The van der Waals surface area contributed by atoms with E-state index in [1.807, 2.05) is 35.7 Å². The van der Waals surface area contributed by atoms with E-state index in [-0.39, 0.29) is 23.6 Å². The highest BCUT2D eigenvalue weighted by Gasteiger charge is 2.19. The Labute approximate surface area is 152 Å². The summed E-state index contributed by atoms with van der Waals surface area (Å²) >= 11 is 1.44. The molecule has 1 N–H and O–H groups in total. The summed E-state index contributed by atoms with van der Waals surface area (Å²) in [6.45, 7) is 0.281. The Bertz CT molecular complexity index is 943. The van der Waals surface area contributed by atoms with Crippen LogP contribution in [0, 0.1) is 10.1 Å². The second kappa shape index (κ2) is 7.70. The third-order valence-corrected chi connectivity index (χ3v) is 4.36. The lowest BCUT2D eigenvalue weighted by Gasteiger charge is -2.06. The van der Waals surface area contributed by atoms with Gasteiger partial charge in [0.05, 0.1) is 29.8 Å². The predicted molar refractivity (Wildman–Crippen MR) is 97.1 cm³/mol. The van der Waals surface area contributed by atoms with E-state index in [2.05, 4.69) is 20.0 Å². The van der Waals surface area contributed by atoms with Gasteiger partial charge < -0.3 is 10.1 Å². The lowest BCUT2D eigenvalue weighted by Crippen LogP contribution is -2.08. The minimum absolute atomic E-state index is 0.0189. The predicted octanol–water partition coefficient (Wildman–Crippen LogP) is 3.51. The molecule has 3 aromatic rings. The summed E-state index contributed by atoms with van der Waals surface area (Å²) in [4.78, 5) is 30.6. The van der Waals surface area contributed by atoms with Crippen LogP contribution >= 0.6 is 11.3 Å². The summed E-state index contributed by atoms with van der Waals surface area (Å²) in [6, 6.07) is 10.9. The van der Waals surface area contributed by atoms with Crippen molar-refractivity contribution in [1.29, 1.82) is 0 Å². The molecule has 9 heteroatoms. The molecule has 0 saturated heterocycles. The highest BCUT2D eigenvalue weighted by atomic mass is 32.1. The maximum absolute atomic E-state index is 11.5. The smallest absolute Gasteiger partial charge is 0.339 e. The van der Waals surface area contributed by atoms with Crippen LogP contribution in [0.3, 0.4) is 0 Å². The first kappa shape index (κ1) is 17.5. The minimum Gasteiger partial charge on any atom is -0.465 e. The Morgan fingerprint density at radius 1 is 1.35 bits per heavy atom. The lowest BCUT2D eigenvalue weighted by atomic mass is 10.2. The van der Waals surface area contributed by atoms with Gasteiger partial charge in [-0.1, -0.05) is 30.3 Å². The summed E-state index contributed by atoms with van der Waals surface area (Å²) < 4.78 is 4.55. The molecular formula is C17H14N4O4S. The van der Waals surface area contributed by atoms with Crippen molar-refractivity contribution in [3.05, 3.63) is 68.7 Å². The first-order chi connectivity index (χ1) is 12.6. The fourth-order valence-corrected chi connectivity index (χ4v) is 2.99. The van der Waals surface area contributed by atoms with E-state index in [1.165, 1.54) is 24.6 Å². The van der Waals surface area contributed by atoms with Crippen molar-refractivity contribution < 1.29 is 14.5 Å². The van der Waals surface area contributed by atoms with E-state index in [9.17, 15) is 14.9 Å². The normalized spacial score (nSPS) is 10.3. The number of carbonyl (C=O) groups excluding carboxylic acids is 1. The molecule has 0 radical (unpaired) electrons. The van der Waals surface area contributed by atoms with Crippen molar-refractivity contribution in [2.75, 3.05) is 12.4 Å². The molecule has 0 fully saturated rings. The molecule has 0 saturated carbocycles. The van der Waals surface area contributed by atoms with Crippen LogP contribution in [0.2, 0.25) is 0 Å². The summed E-state index contributed by atoms with van der Waals surface area (Å²) in [6.07, 6.45) is 1.23. The zero-order valence-corrected chi connectivity index (χ0v) is 14.5. The summed E-state index contributed by atoms with van der Waals surface area (Å²) in [5.41, 5.74) is 1.57. The Kier molecular flexibility index (Phi) is 5.18. The fourth-order valence-electron chi connectivity index (χ4n) is 2.25. The van der Waals surface area contributed by atoms with Gasteiger partial charge in [0, 0.05) is 23.2 Å². The maximum Gasteiger partial charge on any atom is 0.339 e. The molecule has 0 amide bonds. The fraction of sp³-hybridized carbons (Fsp3) is 0.118. The summed E-state index contributed by atoms with van der Waals surface area (Å²) in [7, 11) is 1.20. The van der Waals surface area contributed by atoms with Gasteiger partial charge in [0.2, 0.25) is 5.82 Å². The molecule has 0 unspecified atom stereocenters. The monoisotopic (exact) mass is 370 g/mol. The van der Waals surface area contributed by atoms with Gasteiger partial charge in [-0.05, 0) is 0 Å². The Morgan fingerprint density at radius 2 is 2.12 bits per heavy atom. The number of nitrogens with one attached hydrogen (secondary N) is 1. The number of esters is 1. The summed E-state index contributed by atoms with van der Waals surface area (Å²) in [5.74, 6) is -0.612. The first-order valence-electron chi connectivity index (χ1n) is 7.55. The van der Waals surface area contributed by atoms with Gasteiger partial charge in [0.25, 0.3) is 0 Å². The highest BCUT2D eigenvalue weighted by Crippen LogP contribution is 2.25. The second-order valence-electron chi connectivity index (χ2n) is 5.19. The van der Waals surface area contributed by atoms with Crippen LogP contribution in [-0.2, 0) is 11.3 Å². The zero-order valence-electron chi connectivity index (χ0n) is 13.7. The zero-order chi connectivity index (χ0) is 18.5. The van der Waals surface area contributed by atoms with Crippen molar-refractivity contribution >= 4 is 28.8 Å². The Morgan fingerprint density at radius 3 is 2.81 bits per heavy atom. The Hall–Kier alpha value is -3.33. The number of ether oxygens (including phenoxy) is 1. The third-order valence-electron chi connectivity index (χ3n) is 3.51. The average molecular weight is 370 g/mol. The molecule has 132 valence electrons. The third kappa shape index (κ3) is 3.83. The van der Waals surface area contributed by atoms with Gasteiger partial charge in [-0.15, -0.1) is 11.3 Å². The molecule has 2 aromatic heterocycles. The molecule has 0 atom stereocenters. The Balaban J connectivity index is 1.76. The average Bonchev–Trinajstić information content (AvgIpc) is 3.15. The topological polar surface area (TPSA) is 107 Å². The lowest BCUT2D eigenvalue weighted by molar-refractivity contribution is -0.384. The van der Waals surface area contributed by atoms with E-state index < -0.39 is 10.9 Å². The molecule has 0 aliphatic carbocycles. The van der Waals surface area contributed by atoms with Crippen molar-refractivity contribution in [3.63, 3.8) is 0 Å². The van der Waals surface area contributed by atoms with Crippen LogP contribution in [0.1, 0.15) is 15.4 Å². The molecule has 1 aromatic carbocycles. The molecule has 0 aliphatic heterocycles. The van der Waals surface area contributed by atoms with Gasteiger partial charge in [0.15, 0.2) is 0 Å². The number of hydrogen-bond donors (Lipinski definition) is 1. The van der Waals surface area contributed by atoms with Gasteiger partial charge >= 0.3 is 11.7 Å². The van der Waals surface area contributed by atoms with Crippen LogP contribution in [0.25, 0.3) is 11.3 Å². The first-order valence-corrected chi connectivity index (χ1v) is 8.43. The number of pyridine rings is 1. The maximum atomic E-state index is 11.5. The van der Waals surface area contributed by atoms with Crippen molar-refractivity contribution in [1.82, 2.24) is 9.97 Å². The number of nitrogens with zero attached hydrogens (tertiary/aromatic N) is 3. The highest BCUT2D eigenvalue weighted by molar-refractivity contribution is 7.09. The molecule has 8 nitrogen and oxygen atoms in total. The number of aromatic nitrogens is 2. The number of hydrogen-bond acceptors (Lipinski definition) is 8. The van der Waals surface area contributed by atoms with Crippen LogP contribution in [0.4, 0.5) is 11.5 Å². The largest absolute Gasteiger partial charge is 0.465 e. The molecule has 2 heterocycles. The van der Waals surface area contributed by atoms with E-state index in [4.69, 9.17) is 0 Å². The minimum atomic E-state index is -0.681. The van der Waals surface area contributed by atoms with Crippen molar-refractivity contribution in [3.8, 4) is 11.3 Å². The number of anilines is 1. The van der Waals surface area contributed by atoms with Gasteiger partial charge in [-0.3, -0.25) is 10.1 Å². The molecular weight excluding hydrogens is 356 g/mol. The number of carbonyl (C=O) groups is 1. The molecule has 0 aliphatic rings. The van der Waals surface area contributed by atoms with E-state index >= 15 is 0 Å². The standard InChI is InChI=1S/C17H14N4O4S/c1-25-17(22)12-7-14(21(23)24)16(18-8-12)19-9-15-20-13(10-26-15)11-5-3-2-4-6-11/h2-8,10H,9H2,1H3,(H,18,19). The molecule has 3 rings (SSSR count). The SMILES string of the molecule is COC(=O)c1cnc(NCc2nc(-c3ccccc3)cs2)c([N+](=O)[O-])c1. The van der Waals surface area contributed by atoms with Crippen LogP contribution in [-0.4, -0.2) is 28.0 Å². The number of thiazole rings is 1. The van der Waals surface area contributed by atoms with Crippen LogP contribution in [0.5, 0.6) is 0 Å². The van der Waals surface area contributed by atoms with Crippen molar-refractivity contribution in [2.24, 2.45) is 0 Å². The number of benzene rings is 1. The molecule has 0 spiro atoms. The van der Waals surface area contributed by atoms with Gasteiger partial charge in [-0.25, -0.2) is 14.8 Å². The quantitative estimate of drug-likeness (QED) is 0.402. The number of methoxy groups -OCH3 is 1. The van der Waals surface area contributed by atoms with E-state index in [0.717, 1.165) is 22.3 Å². The van der Waals surface area contributed by atoms with Gasteiger partial charge in [-0.2, -0.15) is 0 Å². The van der Waals surface area contributed by atoms with E-state index in [0.29, 0.717) is 0 Å². The number of rotatable bonds is 6. The van der Waals surface area contributed by atoms with Crippen LogP contribution in [0.15, 0.2) is 48.0 Å². The second-order valence-corrected chi connectivity index (χ2v) is 6.13.